The Bertz CT molecular complexity index is 897. The van der Waals surface area contributed by atoms with Crippen LogP contribution in [-0.4, -0.2) is 46.6 Å². The molecule has 1 aliphatic heterocycles. The van der Waals surface area contributed by atoms with Crippen molar-refractivity contribution in [1.29, 1.82) is 0 Å². The summed E-state index contributed by atoms with van der Waals surface area (Å²) in [4.78, 5) is 31.7. The minimum absolute atomic E-state index is 0.0123. The van der Waals surface area contributed by atoms with E-state index in [1.165, 1.54) is 23.5 Å². The van der Waals surface area contributed by atoms with E-state index in [4.69, 9.17) is 4.74 Å². The molecule has 1 aliphatic rings. The van der Waals surface area contributed by atoms with Crippen molar-refractivity contribution in [2.45, 2.75) is 58.6 Å². The summed E-state index contributed by atoms with van der Waals surface area (Å²) in [6, 6.07) is 6.31. The Morgan fingerprint density at radius 3 is 2.47 bits per heavy atom. The van der Waals surface area contributed by atoms with Crippen molar-refractivity contribution in [2.24, 2.45) is 0 Å². The fourth-order valence-corrected chi connectivity index (χ4v) is 4.30. The predicted molar refractivity (Wildman–Crippen MR) is 114 cm³/mol. The zero-order valence-corrected chi connectivity index (χ0v) is 18.6. The monoisotopic (exact) mass is 433 g/mol. The summed E-state index contributed by atoms with van der Waals surface area (Å²) < 4.78 is 18.5. The third-order valence-corrected chi connectivity index (χ3v) is 5.95. The second-order valence-electron chi connectivity index (χ2n) is 8.54. The number of aromatic nitrogens is 1. The van der Waals surface area contributed by atoms with Crippen molar-refractivity contribution in [3.8, 4) is 0 Å². The van der Waals surface area contributed by atoms with Gasteiger partial charge in [0.05, 0.1) is 10.7 Å². The average Bonchev–Trinajstić information content (AvgIpc) is 3.03. The van der Waals surface area contributed by atoms with Crippen LogP contribution in [0.25, 0.3) is 0 Å². The maximum Gasteiger partial charge on any atom is 0.410 e. The number of ether oxygens (including phenoxy) is 1. The van der Waals surface area contributed by atoms with Gasteiger partial charge in [0.2, 0.25) is 0 Å². The molecule has 0 saturated carbocycles. The molecule has 1 aromatic carbocycles. The molecule has 2 heterocycles. The molecule has 0 spiro atoms. The van der Waals surface area contributed by atoms with Gasteiger partial charge in [0, 0.05) is 25.6 Å². The third-order valence-electron chi connectivity index (χ3n) is 4.80. The molecule has 0 aliphatic carbocycles. The lowest BCUT2D eigenvalue weighted by molar-refractivity contribution is 0.0200. The van der Waals surface area contributed by atoms with E-state index in [9.17, 15) is 14.0 Å². The fourth-order valence-electron chi connectivity index (χ4n) is 3.30. The van der Waals surface area contributed by atoms with Crippen LogP contribution < -0.4 is 5.32 Å². The summed E-state index contributed by atoms with van der Waals surface area (Å²) >= 11 is 1.37. The second-order valence-corrected chi connectivity index (χ2v) is 9.62. The third kappa shape index (κ3) is 6.01. The van der Waals surface area contributed by atoms with Crippen LogP contribution in [0.3, 0.4) is 0 Å². The van der Waals surface area contributed by atoms with Crippen molar-refractivity contribution in [3.05, 3.63) is 51.2 Å². The minimum atomic E-state index is -0.516. The number of likely N-dealkylation sites (tertiary alicyclic amines) is 1. The number of aryl methyl sites for hydroxylation is 1. The number of hydrogen-bond acceptors (Lipinski definition) is 5. The van der Waals surface area contributed by atoms with E-state index in [0.717, 1.165) is 10.6 Å². The van der Waals surface area contributed by atoms with Crippen LogP contribution in [0.5, 0.6) is 0 Å². The first-order chi connectivity index (χ1) is 14.1. The lowest BCUT2D eigenvalue weighted by Gasteiger charge is -2.33. The van der Waals surface area contributed by atoms with Gasteiger partial charge in [0.15, 0.2) is 0 Å². The predicted octanol–water partition coefficient (Wildman–Crippen LogP) is 4.31. The molecule has 0 bridgehead atoms. The Morgan fingerprint density at radius 1 is 1.23 bits per heavy atom. The Kier molecular flexibility index (Phi) is 6.75. The van der Waals surface area contributed by atoms with E-state index in [1.54, 1.807) is 17.0 Å². The van der Waals surface area contributed by atoms with Gasteiger partial charge in [0.25, 0.3) is 5.91 Å². The molecule has 30 heavy (non-hydrogen) atoms. The van der Waals surface area contributed by atoms with E-state index < -0.39 is 5.60 Å². The van der Waals surface area contributed by atoms with Gasteiger partial charge in [-0.3, -0.25) is 4.79 Å². The average molecular weight is 434 g/mol. The molecule has 0 unspecified atom stereocenters. The van der Waals surface area contributed by atoms with E-state index in [1.807, 2.05) is 27.7 Å². The van der Waals surface area contributed by atoms with E-state index in [-0.39, 0.29) is 23.9 Å². The lowest BCUT2D eigenvalue weighted by atomic mass is 10.1. The Morgan fingerprint density at radius 2 is 1.87 bits per heavy atom. The summed E-state index contributed by atoms with van der Waals surface area (Å²) in [6.45, 7) is 8.47. The van der Waals surface area contributed by atoms with Gasteiger partial charge in [-0.05, 0) is 58.2 Å². The van der Waals surface area contributed by atoms with Crippen LogP contribution in [0.4, 0.5) is 9.18 Å². The SMILES string of the molecule is Cc1nc(Cc2ccc(F)cc2)sc1C(=O)NC1CCN(C(=O)OC(C)(C)C)CC1. The van der Waals surface area contributed by atoms with Crippen molar-refractivity contribution in [2.75, 3.05) is 13.1 Å². The molecule has 0 atom stereocenters. The Balaban J connectivity index is 1.53. The van der Waals surface area contributed by atoms with Crippen LogP contribution >= 0.6 is 11.3 Å². The smallest absolute Gasteiger partial charge is 0.410 e. The zero-order chi connectivity index (χ0) is 21.9. The van der Waals surface area contributed by atoms with Gasteiger partial charge in [-0.2, -0.15) is 0 Å². The fraction of sp³-hybridized carbons (Fsp3) is 0.500. The number of rotatable bonds is 4. The molecule has 8 heteroatoms. The normalized spacial score (nSPS) is 15.2. The number of carbonyl (C=O) groups is 2. The van der Waals surface area contributed by atoms with Crippen LogP contribution in [0.1, 0.15) is 59.5 Å². The van der Waals surface area contributed by atoms with Gasteiger partial charge in [-0.25, -0.2) is 14.2 Å². The molecule has 162 valence electrons. The first-order valence-electron chi connectivity index (χ1n) is 10.1. The van der Waals surface area contributed by atoms with Crippen molar-refractivity contribution in [3.63, 3.8) is 0 Å². The topological polar surface area (TPSA) is 71.5 Å². The molecular formula is C22H28FN3O3S. The number of carbonyl (C=O) groups excluding carboxylic acids is 2. The molecule has 2 aromatic rings. The zero-order valence-electron chi connectivity index (χ0n) is 17.8. The van der Waals surface area contributed by atoms with Gasteiger partial charge in [-0.15, -0.1) is 11.3 Å². The molecule has 1 fully saturated rings. The molecule has 1 saturated heterocycles. The quantitative estimate of drug-likeness (QED) is 0.780. The standard InChI is InChI=1S/C22H28FN3O3S/c1-14-19(30-18(24-14)13-15-5-7-16(23)8-6-15)20(27)25-17-9-11-26(12-10-17)21(28)29-22(2,3)4/h5-8,17H,9-13H2,1-4H3,(H,25,27). The number of thiazole rings is 1. The second kappa shape index (κ2) is 9.12. The lowest BCUT2D eigenvalue weighted by Crippen LogP contribution is -2.47. The van der Waals surface area contributed by atoms with Crippen molar-refractivity contribution < 1.29 is 18.7 Å². The molecule has 6 nitrogen and oxygen atoms in total. The van der Waals surface area contributed by atoms with Gasteiger partial charge in [0.1, 0.15) is 16.3 Å². The van der Waals surface area contributed by atoms with Crippen LogP contribution in [0.15, 0.2) is 24.3 Å². The van der Waals surface area contributed by atoms with Crippen LogP contribution in [0, 0.1) is 12.7 Å². The van der Waals surface area contributed by atoms with Crippen molar-refractivity contribution in [1.82, 2.24) is 15.2 Å². The van der Waals surface area contributed by atoms with Crippen molar-refractivity contribution >= 4 is 23.3 Å². The highest BCUT2D eigenvalue weighted by atomic mass is 32.1. The van der Waals surface area contributed by atoms with Gasteiger partial charge < -0.3 is 15.0 Å². The number of nitrogens with one attached hydrogen (secondary N) is 1. The molecule has 3 rings (SSSR count). The first-order valence-corrected chi connectivity index (χ1v) is 10.9. The van der Waals surface area contributed by atoms with E-state index >= 15 is 0 Å². The largest absolute Gasteiger partial charge is 0.444 e. The molecular weight excluding hydrogens is 405 g/mol. The van der Waals surface area contributed by atoms with Gasteiger partial charge in [-0.1, -0.05) is 12.1 Å². The maximum absolute atomic E-state index is 13.1. The summed E-state index contributed by atoms with van der Waals surface area (Å²) in [7, 11) is 0. The van der Waals surface area contributed by atoms with Gasteiger partial charge >= 0.3 is 6.09 Å². The van der Waals surface area contributed by atoms with E-state index in [2.05, 4.69) is 10.3 Å². The summed E-state index contributed by atoms with van der Waals surface area (Å²) in [5.41, 5.74) is 1.13. The summed E-state index contributed by atoms with van der Waals surface area (Å²) in [6.07, 6.45) is 1.63. The highest BCUT2D eigenvalue weighted by molar-refractivity contribution is 7.13. The number of piperidine rings is 1. The minimum Gasteiger partial charge on any atom is -0.444 e. The highest BCUT2D eigenvalue weighted by Crippen LogP contribution is 2.22. The number of amides is 2. The van der Waals surface area contributed by atoms with E-state index in [0.29, 0.717) is 42.9 Å². The number of benzene rings is 1. The summed E-state index contributed by atoms with van der Waals surface area (Å²) in [5.74, 6) is -0.405. The molecule has 1 aromatic heterocycles. The van der Waals surface area contributed by atoms with Crippen LogP contribution in [0.2, 0.25) is 0 Å². The number of nitrogens with zero attached hydrogens (tertiary/aromatic N) is 2. The molecule has 0 radical (unpaired) electrons. The number of hydrogen-bond donors (Lipinski definition) is 1. The Hall–Kier alpha value is -2.48. The maximum atomic E-state index is 13.1. The molecule has 2 amide bonds. The number of halogens is 1. The highest BCUT2D eigenvalue weighted by Gasteiger charge is 2.28. The first kappa shape index (κ1) is 22.2. The summed E-state index contributed by atoms with van der Waals surface area (Å²) in [5, 5.41) is 3.89. The molecule has 1 N–H and O–H groups in total. The Labute approximate surface area is 180 Å². The van der Waals surface area contributed by atoms with Crippen LogP contribution in [-0.2, 0) is 11.2 Å².